The Labute approximate surface area is 86.8 Å². The molecule has 1 unspecified atom stereocenters. The minimum absolute atomic E-state index is 0.255. The van der Waals surface area contributed by atoms with Gasteiger partial charge in [-0.3, -0.25) is 0 Å². The zero-order chi connectivity index (χ0) is 10.2. The number of likely N-dealkylation sites (N-methyl/N-ethyl adjacent to an activating group) is 1. The number of hydrogen-bond donors (Lipinski definition) is 2. The molecule has 84 valence electrons. The van der Waals surface area contributed by atoms with Crippen LogP contribution in [0.2, 0.25) is 0 Å². The summed E-state index contributed by atoms with van der Waals surface area (Å²) in [5, 5.41) is 12.7. The van der Waals surface area contributed by atoms with Gasteiger partial charge < -0.3 is 15.2 Å². The fourth-order valence-electron chi connectivity index (χ4n) is 2.09. The van der Waals surface area contributed by atoms with Gasteiger partial charge >= 0.3 is 0 Å². The van der Waals surface area contributed by atoms with Crippen molar-refractivity contribution in [3.8, 4) is 0 Å². The van der Waals surface area contributed by atoms with Crippen molar-refractivity contribution >= 4 is 0 Å². The summed E-state index contributed by atoms with van der Waals surface area (Å²) in [5.74, 6) is 0.748. The Morgan fingerprint density at radius 2 is 2.14 bits per heavy atom. The van der Waals surface area contributed by atoms with Gasteiger partial charge in [-0.25, -0.2) is 0 Å². The number of nitrogens with one attached hydrogen (secondary N) is 1. The van der Waals surface area contributed by atoms with Crippen LogP contribution in [0.5, 0.6) is 0 Å². The van der Waals surface area contributed by atoms with Crippen LogP contribution in [0.25, 0.3) is 0 Å². The van der Waals surface area contributed by atoms with Crippen molar-refractivity contribution in [1.29, 1.82) is 0 Å². The lowest BCUT2D eigenvalue weighted by molar-refractivity contribution is 0.0261. The molecule has 0 aromatic carbocycles. The molecule has 1 fully saturated rings. The van der Waals surface area contributed by atoms with E-state index in [1.54, 1.807) is 0 Å². The van der Waals surface area contributed by atoms with E-state index in [4.69, 9.17) is 4.74 Å². The molecule has 0 aromatic rings. The summed E-state index contributed by atoms with van der Waals surface area (Å²) in [6.45, 7) is 2.05. The van der Waals surface area contributed by atoms with Crippen LogP contribution in [0.15, 0.2) is 0 Å². The maximum Gasteiger partial charge on any atom is 0.0776 e. The number of aliphatic hydroxyl groups excluding tert-OH is 1. The molecule has 3 heteroatoms. The maximum atomic E-state index is 9.66. The van der Waals surface area contributed by atoms with Crippen molar-refractivity contribution in [2.45, 2.75) is 38.2 Å². The van der Waals surface area contributed by atoms with E-state index in [0.29, 0.717) is 13.2 Å². The average Bonchev–Trinajstić information content (AvgIpc) is 2.65. The molecule has 1 saturated carbocycles. The Balaban J connectivity index is 1.95. The van der Waals surface area contributed by atoms with Gasteiger partial charge in [0.2, 0.25) is 0 Å². The topological polar surface area (TPSA) is 41.5 Å². The van der Waals surface area contributed by atoms with Gasteiger partial charge in [-0.1, -0.05) is 25.7 Å². The molecule has 14 heavy (non-hydrogen) atoms. The molecule has 0 saturated heterocycles. The van der Waals surface area contributed by atoms with Crippen molar-refractivity contribution in [2.24, 2.45) is 5.92 Å². The maximum absolute atomic E-state index is 9.66. The highest BCUT2D eigenvalue weighted by molar-refractivity contribution is 4.70. The number of aliphatic hydroxyl groups is 1. The monoisotopic (exact) mass is 201 g/mol. The fourth-order valence-corrected chi connectivity index (χ4v) is 2.09. The standard InChI is InChI=1S/C11H23NO2/c1-12-6-7-14-9-11(13)8-10-4-2-3-5-10/h10-13H,2-9H2,1H3. The Morgan fingerprint density at radius 3 is 2.79 bits per heavy atom. The van der Waals surface area contributed by atoms with Crippen LogP contribution in [0.3, 0.4) is 0 Å². The first kappa shape index (κ1) is 12.0. The van der Waals surface area contributed by atoms with Gasteiger partial charge in [0, 0.05) is 6.54 Å². The first-order valence-electron chi connectivity index (χ1n) is 5.73. The van der Waals surface area contributed by atoms with Crippen LogP contribution < -0.4 is 5.32 Å². The molecule has 0 spiro atoms. The van der Waals surface area contributed by atoms with Crippen LogP contribution in [-0.4, -0.2) is 38.0 Å². The first-order chi connectivity index (χ1) is 6.83. The summed E-state index contributed by atoms with van der Waals surface area (Å²) in [6, 6.07) is 0. The fraction of sp³-hybridized carbons (Fsp3) is 1.00. The van der Waals surface area contributed by atoms with E-state index in [9.17, 15) is 5.11 Å². The lowest BCUT2D eigenvalue weighted by atomic mass is 10.0. The SMILES string of the molecule is CNCCOCC(O)CC1CCCC1. The van der Waals surface area contributed by atoms with E-state index in [2.05, 4.69) is 5.32 Å². The minimum atomic E-state index is -0.255. The molecule has 0 heterocycles. The minimum Gasteiger partial charge on any atom is -0.391 e. The van der Waals surface area contributed by atoms with Crippen molar-refractivity contribution in [1.82, 2.24) is 5.32 Å². The van der Waals surface area contributed by atoms with Crippen molar-refractivity contribution in [3.63, 3.8) is 0 Å². The molecule has 1 atom stereocenters. The largest absolute Gasteiger partial charge is 0.391 e. The molecule has 1 aliphatic rings. The summed E-state index contributed by atoms with van der Waals surface area (Å²) in [4.78, 5) is 0. The normalized spacial score (nSPS) is 20.1. The zero-order valence-corrected chi connectivity index (χ0v) is 9.17. The van der Waals surface area contributed by atoms with Crippen LogP contribution in [0, 0.1) is 5.92 Å². The number of rotatable bonds is 7. The van der Waals surface area contributed by atoms with E-state index in [-0.39, 0.29) is 6.10 Å². The Morgan fingerprint density at radius 1 is 1.43 bits per heavy atom. The van der Waals surface area contributed by atoms with Gasteiger partial charge in [0.25, 0.3) is 0 Å². The predicted octanol–water partition coefficient (Wildman–Crippen LogP) is 1.16. The predicted molar refractivity (Wildman–Crippen MR) is 57.3 cm³/mol. The van der Waals surface area contributed by atoms with Gasteiger partial charge in [0.05, 0.1) is 19.3 Å². The molecule has 0 aromatic heterocycles. The second kappa shape index (κ2) is 7.21. The molecule has 0 amide bonds. The quantitative estimate of drug-likeness (QED) is 0.607. The average molecular weight is 201 g/mol. The Kier molecular flexibility index (Phi) is 6.15. The molecular weight excluding hydrogens is 178 g/mol. The summed E-state index contributed by atoms with van der Waals surface area (Å²) in [7, 11) is 1.90. The second-order valence-electron chi connectivity index (χ2n) is 4.22. The van der Waals surface area contributed by atoms with Crippen LogP contribution in [0.4, 0.5) is 0 Å². The number of ether oxygens (including phenoxy) is 1. The van der Waals surface area contributed by atoms with Gasteiger partial charge in [-0.05, 0) is 19.4 Å². The van der Waals surface area contributed by atoms with Gasteiger partial charge in [0.15, 0.2) is 0 Å². The summed E-state index contributed by atoms with van der Waals surface area (Å²) < 4.78 is 5.33. The zero-order valence-electron chi connectivity index (χ0n) is 9.17. The van der Waals surface area contributed by atoms with E-state index >= 15 is 0 Å². The van der Waals surface area contributed by atoms with Gasteiger partial charge in [0.1, 0.15) is 0 Å². The third-order valence-electron chi connectivity index (χ3n) is 2.89. The lowest BCUT2D eigenvalue weighted by Gasteiger charge is -2.15. The van der Waals surface area contributed by atoms with Crippen molar-refractivity contribution in [3.05, 3.63) is 0 Å². The molecule has 1 aliphatic carbocycles. The van der Waals surface area contributed by atoms with E-state index < -0.39 is 0 Å². The smallest absolute Gasteiger partial charge is 0.0776 e. The molecule has 0 aliphatic heterocycles. The lowest BCUT2D eigenvalue weighted by Crippen LogP contribution is -2.22. The summed E-state index contributed by atoms with van der Waals surface area (Å²) in [6.07, 6.45) is 5.96. The van der Waals surface area contributed by atoms with E-state index in [1.165, 1.54) is 25.7 Å². The summed E-state index contributed by atoms with van der Waals surface area (Å²) in [5.41, 5.74) is 0. The third kappa shape index (κ3) is 4.94. The molecular formula is C11H23NO2. The van der Waals surface area contributed by atoms with Crippen LogP contribution in [0.1, 0.15) is 32.1 Å². The number of hydrogen-bond acceptors (Lipinski definition) is 3. The highest BCUT2D eigenvalue weighted by Crippen LogP contribution is 2.28. The van der Waals surface area contributed by atoms with E-state index in [0.717, 1.165) is 18.9 Å². The molecule has 1 rings (SSSR count). The highest BCUT2D eigenvalue weighted by atomic mass is 16.5. The van der Waals surface area contributed by atoms with Gasteiger partial charge in [-0.2, -0.15) is 0 Å². The molecule has 2 N–H and O–H groups in total. The molecule has 0 radical (unpaired) electrons. The summed E-state index contributed by atoms with van der Waals surface area (Å²) >= 11 is 0. The highest BCUT2D eigenvalue weighted by Gasteiger charge is 2.18. The third-order valence-corrected chi connectivity index (χ3v) is 2.89. The second-order valence-corrected chi connectivity index (χ2v) is 4.22. The van der Waals surface area contributed by atoms with Crippen molar-refractivity contribution in [2.75, 3.05) is 26.8 Å². The van der Waals surface area contributed by atoms with Crippen molar-refractivity contribution < 1.29 is 9.84 Å². The molecule has 3 nitrogen and oxygen atoms in total. The first-order valence-corrected chi connectivity index (χ1v) is 5.73. The van der Waals surface area contributed by atoms with E-state index in [1.807, 2.05) is 7.05 Å². The van der Waals surface area contributed by atoms with Crippen LogP contribution >= 0.6 is 0 Å². The Hall–Kier alpha value is -0.120. The molecule has 0 bridgehead atoms. The van der Waals surface area contributed by atoms with Crippen LogP contribution in [-0.2, 0) is 4.74 Å². The van der Waals surface area contributed by atoms with Gasteiger partial charge in [-0.15, -0.1) is 0 Å². The Bertz CT molecular complexity index is 135.